The molecule has 0 aliphatic rings. The number of carbonyl (C=O) groups excluding carboxylic acids is 1. The topological polar surface area (TPSA) is 74.1 Å². The quantitative estimate of drug-likeness (QED) is 0.610. The number of methoxy groups -OCH3 is 1. The molecule has 0 aliphatic carbocycles. The van der Waals surface area contributed by atoms with E-state index in [1.807, 2.05) is 42.5 Å². The number of benzene rings is 2. The molecule has 2 aromatic rings. The molecule has 128 valence electrons. The van der Waals surface area contributed by atoms with Crippen molar-refractivity contribution in [1.82, 2.24) is 0 Å². The molecule has 0 aliphatic heterocycles. The van der Waals surface area contributed by atoms with Gasteiger partial charge in [-0.2, -0.15) is 5.26 Å². The van der Waals surface area contributed by atoms with E-state index < -0.39 is 5.91 Å². The lowest BCUT2D eigenvalue weighted by Crippen LogP contribution is -2.14. The number of para-hydroxylation sites is 2. The molecular formula is C20H21N3O2. The van der Waals surface area contributed by atoms with Gasteiger partial charge in [-0.15, -0.1) is 0 Å². The number of nitriles is 1. The zero-order valence-electron chi connectivity index (χ0n) is 14.5. The summed E-state index contributed by atoms with van der Waals surface area (Å²) in [7, 11) is 1.56. The smallest absolute Gasteiger partial charge is 0.267 e. The van der Waals surface area contributed by atoms with Gasteiger partial charge in [-0.25, -0.2) is 0 Å². The van der Waals surface area contributed by atoms with Gasteiger partial charge >= 0.3 is 0 Å². The number of anilines is 2. The summed E-state index contributed by atoms with van der Waals surface area (Å²) < 4.78 is 5.22. The Kier molecular flexibility index (Phi) is 6.19. The summed E-state index contributed by atoms with van der Waals surface area (Å²) in [5.74, 6) is 0.576. The van der Waals surface area contributed by atoms with Crippen LogP contribution in [-0.4, -0.2) is 13.0 Å². The summed E-state index contributed by atoms with van der Waals surface area (Å²) in [6.45, 7) is 4.21. The lowest BCUT2D eigenvalue weighted by atomic mass is 10.0. The number of hydrogen-bond donors (Lipinski definition) is 2. The molecular weight excluding hydrogens is 314 g/mol. The van der Waals surface area contributed by atoms with Gasteiger partial charge in [0.1, 0.15) is 17.4 Å². The second-order valence-corrected chi connectivity index (χ2v) is 5.75. The number of ether oxygens (including phenoxy) is 1. The fraction of sp³-hybridized carbons (Fsp3) is 0.200. The Morgan fingerprint density at radius 3 is 2.44 bits per heavy atom. The van der Waals surface area contributed by atoms with Crippen molar-refractivity contribution in [3.8, 4) is 11.8 Å². The van der Waals surface area contributed by atoms with Crippen molar-refractivity contribution in [3.05, 3.63) is 65.9 Å². The van der Waals surface area contributed by atoms with Crippen LogP contribution in [0, 0.1) is 11.3 Å². The number of nitrogens with zero attached hydrogens (tertiary/aromatic N) is 1. The molecule has 0 saturated carbocycles. The molecule has 1 amide bonds. The molecule has 0 unspecified atom stereocenters. The third-order valence-electron chi connectivity index (χ3n) is 3.68. The van der Waals surface area contributed by atoms with Crippen LogP contribution < -0.4 is 15.4 Å². The highest BCUT2D eigenvalue weighted by molar-refractivity contribution is 6.06. The summed E-state index contributed by atoms with van der Waals surface area (Å²) in [5.41, 5.74) is 2.48. The van der Waals surface area contributed by atoms with Gasteiger partial charge in [0.25, 0.3) is 5.91 Å². The van der Waals surface area contributed by atoms with E-state index in [9.17, 15) is 10.1 Å². The highest BCUT2D eigenvalue weighted by Gasteiger charge is 2.10. The predicted molar refractivity (Wildman–Crippen MR) is 99.5 cm³/mol. The maximum absolute atomic E-state index is 12.3. The van der Waals surface area contributed by atoms with E-state index in [0.29, 0.717) is 23.0 Å². The van der Waals surface area contributed by atoms with Crippen molar-refractivity contribution in [1.29, 1.82) is 5.26 Å². The average molecular weight is 335 g/mol. The van der Waals surface area contributed by atoms with Crippen LogP contribution >= 0.6 is 0 Å². The van der Waals surface area contributed by atoms with Gasteiger partial charge in [-0.3, -0.25) is 4.79 Å². The first-order valence-electron chi connectivity index (χ1n) is 7.96. The van der Waals surface area contributed by atoms with Gasteiger partial charge < -0.3 is 15.4 Å². The molecule has 2 aromatic carbocycles. The number of nitrogens with one attached hydrogen (secondary N) is 2. The summed E-state index contributed by atoms with van der Waals surface area (Å²) in [4.78, 5) is 12.3. The van der Waals surface area contributed by atoms with Gasteiger partial charge in [0.2, 0.25) is 0 Å². The lowest BCUT2D eigenvalue weighted by molar-refractivity contribution is -0.112. The second kappa shape index (κ2) is 8.55. The van der Waals surface area contributed by atoms with Gasteiger partial charge in [-0.1, -0.05) is 38.1 Å². The van der Waals surface area contributed by atoms with Gasteiger partial charge in [0.15, 0.2) is 0 Å². The Bertz CT molecular complexity index is 802. The van der Waals surface area contributed by atoms with Crippen LogP contribution in [0.1, 0.15) is 25.3 Å². The van der Waals surface area contributed by atoms with Crippen LogP contribution in [0.25, 0.3) is 0 Å². The summed E-state index contributed by atoms with van der Waals surface area (Å²) in [5, 5.41) is 14.9. The Hall–Kier alpha value is -3.26. The Morgan fingerprint density at radius 2 is 1.84 bits per heavy atom. The number of amides is 1. The number of carbonyl (C=O) groups is 1. The first kappa shape index (κ1) is 18.1. The molecule has 2 rings (SSSR count). The standard InChI is InChI=1S/C20H21N3O2/c1-14(2)15-8-10-17(11-9-15)23-20(24)16(12-21)13-22-18-6-4-5-7-19(18)25-3/h4-11,13-14,22H,1-3H3,(H,23,24)/b16-13-. The highest BCUT2D eigenvalue weighted by atomic mass is 16.5. The van der Waals surface area contributed by atoms with E-state index in [4.69, 9.17) is 4.74 Å². The molecule has 5 heteroatoms. The van der Waals surface area contributed by atoms with E-state index in [1.165, 1.54) is 11.8 Å². The summed E-state index contributed by atoms with van der Waals surface area (Å²) >= 11 is 0. The minimum atomic E-state index is -0.470. The number of rotatable bonds is 6. The van der Waals surface area contributed by atoms with Crippen molar-refractivity contribution in [3.63, 3.8) is 0 Å². The summed E-state index contributed by atoms with van der Waals surface area (Å²) in [6, 6.07) is 16.7. The zero-order chi connectivity index (χ0) is 18.2. The monoisotopic (exact) mass is 335 g/mol. The van der Waals surface area contributed by atoms with E-state index >= 15 is 0 Å². The third-order valence-corrected chi connectivity index (χ3v) is 3.68. The molecule has 25 heavy (non-hydrogen) atoms. The van der Waals surface area contributed by atoms with Crippen LogP contribution in [0.15, 0.2) is 60.3 Å². The Balaban J connectivity index is 2.09. The predicted octanol–water partition coefficient (Wildman–Crippen LogP) is 4.28. The minimum Gasteiger partial charge on any atom is -0.495 e. The molecule has 5 nitrogen and oxygen atoms in total. The van der Waals surface area contributed by atoms with Gasteiger partial charge in [0, 0.05) is 11.9 Å². The molecule has 0 spiro atoms. The van der Waals surface area contributed by atoms with Crippen LogP contribution in [0.5, 0.6) is 5.75 Å². The van der Waals surface area contributed by atoms with E-state index in [0.717, 1.165) is 0 Å². The van der Waals surface area contributed by atoms with Gasteiger partial charge in [0.05, 0.1) is 12.8 Å². The Labute approximate surface area is 147 Å². The van der Waals surface area contributed by atoms with Crippen molar-refractivity contribution in [2.75, 3.05) is 17.7 Å². The fourth-order valence-electron chi connectivity index (χ4n) is 2.21. The minimum absolute atomic E-state index is 0.0288. The van der Waals surface area contributed by atoms with Crippen molar-refractivity contribution in [2.45, 2.75) is 19.8 Å². The fourth-order valence-corrected chi connectivity index (χ4v) is 2.21. The van der Waals surface area contributed by atoms with Crippen LogP contribution in [0.3, 0.4) is 0 Å². The van der Waals surface area contributed by atoms with E-state index in [-0.39, 0.29) is 5.57 Å². The van der Waals surface area contributed by atoms with Crippen molar-refractivity contribution < 1.29 is 9.53 Å². The maximum Gasteiger partial charge on any atom is 0.267 e. The molecule has 0 aromatic heterocycles. The Morgan fingerprint density at radius 1 is 1.16 bits per heavy atom. The largest absolute Gasteiger partial charge is 0.495 e. The van der Waals surface area contributed by atoms with Crippen LogP contribution in [0.2, 0.25) is 0 Å². The first-order valence-corrected chi connectivity index (χ1v) is 7.96. The first-order chi connectivity index (χ1) is 12.0. The molecule has 0 atom stereocenters. The zero-order valence-corrected chi connectivity index (χ0v) is 14.5. The van der Waals surface area contributed by atoms with E-state index in [2.05, 4.69) is 24.5 Å². The lowest BCUT2D eigenvalue weighted by Gasteiger charge is -2.09. The van der Waals surface area contributed by atoms with Crippen LogP contribution in [0.4, 0.5) is 11.4 Å². The van der Waals surface area contributed by atoms with Crippen molar-refractivity contribution >= 4 is 17.3 Å². The second-order valence-electron chi connectivity index (χ2n) is 5.75. The normalized spacial score (nSPS) is 10.9. The third kappa shape index (κ3) is 4.85. The highest BCUT2D eigenvalue weighted by Crippen LogP contribution is 2.23. The summed E-state index contributed by atoms with van der Waals surface area (Å²) in [6.07, 6.45) is 1.37. The molecule has 0 bridgehead atoms. The maximum atomic E-state index is 12.3. The average Bonchev–Trinajstić information content (AvgIpc) is 2.63. The number of hydrogen-bond acceptors (Lipinski definition) is 4. The molecule has 0 radical (unpaired) electrons. The van der Waals surface area contributed by atoms with Crippen LogP contribution in [-0.2, 0) is 4.79 Å². The van der Waals surface area contributed by atoms with Gasteiger partial charge in [-0.05, 0) is 35.7 Å². The molecule has 2 N–H and O–H groups in total. The molecule has 0 saturated heterocycles. The molecule has 0 fully saturated rings. The van der Waals surface area contributed by atoms with E-state index in [1.54, 1.807) is 19.2 Å². The van der Waals surface area contributed by atoms with Crippen molar-refractivity contribution in [2.24, 2.45) is 0 Å². The SMILES string of the molecule is COc1ccccc1N/C=C(/C#N)C(=O)Nc1ccc(C(C)C)cc1. The molecule has 0 heterocycles.